The first-order valence-electron chi connectivity index (χ1n) is 6.80. The predicted octanol–water partition coefficient (Wildman–Crippen LogP) is 5.53. The van der Waals surface area contributed by atoms with Gasteiger partial charge < -0.3 is 5.11 Å². The molecule has 0 unspecified atom stereocenters. The second-order valence-corrected chi connectivity index (χ2v) is 6.30. The number of carboxylic acids is 1. The van der Waals surface area contributed by atoms with Gasteiger partial charge in [-0.1, -0.05) is 51.8 Å². The van der Waals surface area contributed by atoms with Crippen LogP contribution in [0.25, 0.3) is 22.4 Å². The average Bonchev–Trinajstić information content (AvgIpc) is 2.55. The zero-order valence-electron chi connectivity index (χ0n) is 11.8. The lowest BCUT2D eigenvalue weighted by atomic mass is 10.0. The molecular formula is C18H11BrClNO2. The average molecular weight is 389 g/mol. The topological polar surface area (TPSA) is 50.2 Å². The number of aromatic nitrogens is 1. The highest BCUT2D eigenvalue weighted by molar-refractivity contribution is 9.10. The van der Waals surface area contributed by atoms with Crippen LogP contribution in [0, 0.1) is 0 Å². The van der Waals surface area contributed by atoms with Gasteiger partial charge in [0.05, 0.1) is 5.69 Å². The molecule has 0 aliphatic rings. The van der Waals surface area contributed by atoms with Crippen molar-refractivity contribution in [2.75, 3.05) is 0 Å². The molecule has 0 aliphatic heterocycles. The number of carboxylic acid groups (broad SMARTS) is 1. The quantitative estimate of drug-likeness (QED) is 0.642. The standard InChI is InChI=1S/C18H11BrClNO2/c19-14-5-1-11(2-6-14)13-9-16(21-17(10-13)18(22)23)12-3-7-15(20)8-4-12/h1-10H,(H,22,23). The maximum absolute atomic E-state index is 11.4. The lowest BCUT2D eigenvalue weighted by Gasteiger charge is -2.08. The van der Waals surface area contributed by atoms with Crippen molar-refractivity contribution in [3.63, 3.8) is 0 Å². The molecule has 3 nitrogen and oxygen atoms in total. The Morgan fingerprint density at radius 1 is 0.913 bits per heavy atom. The van der Waals surface area contributed by atoms with Gasteiger partial charge in [-0.25, -0.2) is 9.78 Å². The van der Waals surface area contributed by atoms with Gasteiger partial charge in [0.2, 0.25) is 0 Å². The smallest absolute Gasteiger partial charge is 0.354 e. The third-order valence-corrected chi connectivity index (χ3v) is 4.14. The minimum absolute atomic E-state index is 0.00960. The maximum Gasteiger partial charge on any atom is 0.354 e. The van der Waals surface area contributed by atoms with Crippen molar-refractivity contribution in [3.8, 4) is 22.4 Å². The zero-order chi connectivity index (χ0) is 16.4. The van der Waals surface area contributed by atoms with Crippen molar-refractivity contribution in [1.29, 1.82) is 0 Å². The fourth-order valence-electron chi connectivity index (χ4n) is 2.22. The van der Waals surface area contributed by atoms with Gasteiger partial charge in [0.15, 0.2) is 0 Å². The summed E-state index contributed by atoms with van der Waals surface area (Å²) in [7, 11) is 0. The second kappa shape index (κ2) is 6.52. The van der Waals surface area contributed by atoms with Crippen molar-refractivity contribution in [2.45, 2.75) is 0 Å². The molecule has 1 aromatic heterocycles. The number of nitrogens with zero attached hydrogens (tertiary/aromatic N) is 1. The first-order valence-corrected chi connectivity index (χ1v) is 7.97. The number of aromatic carboxylic acids is 1. The summed E-state index contributed by atoms with van der Waals surface area (Å²) in [6.45, 7) is 0. The van der Waals surface area contributed by atoms with Gasteiger partial charge in [-0.3, -0.25) is 0 Å². The molecule has 2 aromatic carbocycles. The molecule has 1 N–H and O–H groups in total. The number of hydrogen-bond acceptors (Lipinski definition) is 2. The van der Waals surface area contributed by atoms with Crippen molar-refractivity contribution < 1.29 is 9.90 Å². The first-order chi connectivity index (χ1) is 11.0. The van der Waals surface area contributed by atoms with Crippen LogP contribution in [0.4, 0.5) is 0 Å². The normalized spacial score (nSPS) is 10.5. The fraction of sp³-hybridized carbons (Fsp3) is 0. The van der Waals surface area contributed by atoms with E-state index in [0.717, 1.165) is 21.2 Å². The number of pyridine rings is 1. The molecule has 3 aromatic rings. The third kappa shape index (κ3) is 3.60. The Labute approximate surface area is 146 Å². The summed E-state index contributed by atoms with van der Waals surface area (Å²) >= 11 is 9.30. The van der Waals surface area contributed by atoms with Crippen LogP contribution in [0.1, 0.15) is 10.5 Å². The number of benzene rings is 2. The van der Waals surface area contributed by atoms with E-state index in [0.29, 0.717) is 10.7 Å². The molecule has 1 heterocycles. The van der Waals surface area contributed by atoms with Crippen LogP contribution < -0.4 is 0 Å². The molecule has 0 spiro atoms. The van der Waals surface area contributed by atoms with Crippen molar-refractivity contribution in [3.05, 3.63) is 75.9 Å². The monoisotopic (exact) mass is 387 g/mol. The van der Waals surface area contributed by atoms with Crippen LogP contribution in [0.3, 0.4) is 0 Å². The fourth-order valence-corrected chi connectivity index (χ4v) is 2.61. The van der Waals surface area contributed by atoms with Crippen molar-refractivity contribution >= 4 is 33.5 Å². The third-order valence-electron chi connectivity index (χ3n) is 3.36. The summed E-state index contributed by atoms with van der Waals surface area (Å²) in [5, 5.41) is 9.95. The molecule has 23 heavy (non-hydrogen) atoms. The van der Waals surface area contributed by atoms with Crippen LogP contribution in [0.15, 0.2) is 65.1 Å². The molecule has 0 bridgehead atoms. The Bertz CT molecular complexity index is 797. The van der Waals surface area contributed by atoms with E-state index in [1.165, 1.54) is 0 Å². The molecule has 0 saturated heterocycles. The van der Waals surface area contributed by atoms with Gasteiger partial charge in [-0.2, -0.15) is 0 Å². The molecule has 3 rings (SSSR count). The molecule has 0 fully saturated rings. The highest BCUT2D eigenvalue weighted by atomic mass is 79.9. The Hall–Kier alpha value is -2.17. The predicted molar refractivity (Wildman–Crippen MR) is 94.8 cm³/mol. The highest BCUT2D eigenvalue weighted by Crippen LogP contribution is 2.28. The van der Waals surface area contributed by atoms with Gasteiger partial charge in [-0.05, 0) is 47.5 Å². The van der Waals surface area contributed by atoms with E-state index >= 15 is 0 Å². The molecule has 0 atom stereocenters. The van der Waals surface area contributed by atoms with E-state index in [-0.39, 0.29) is 5.69 Å². The maximum atomic E-state index is 11.4. The molecule has 0 radical (unpaired) electrons. The molecule has 0 amide bonds. The number of halogens is 2. The first kappa shape index (κ1) is 15.7. The van der Waals surface area contributed by atoms with Gasteiger partial charge >= 0.3 is 5.97 Å². The minimum atomic E-state index is -1.06. The molecular weight excluding hydrogens is 378 g/mol. The van der Waals surface area contributed by atoms with E-state index in [1.54, 1.807) is 18.2 Å². The Morgan fingerprint density at radius 2 is 1.52 bits per heavy atom. The van der Waals surface area contributed by atoms with Crippen LogP contribution in [-0.4, -0.2) is 16.1 Å². The van der Waals surface area contributed by atoms with Gasteiger partial charge in [0.1, 0.15) is 5.69 Å². The van der Waals surface area contributed by atoms with Gasteiger partial charge in [0.25, 0.3) is 0 Å². The molecule has 0 aliphatic carbocycles. The lowest BCUT2D eigenvalue weighted by Crippen LogP contribution is -2.02. The summed E-state index contributed by atoms with van der Waals surface area (Å²) in [5.74, 6) is -1.06. The van der Waals surface area contributed by atoms with Crippen LogP contribution in [-0.2, 0) is 0 Å². The summed E-state index contributed by atoms with van der Waals surface area (Å²) < 4.78 is 0.965. The van der Waals surface area contributed by atoms with Crippen LogP contribution in [0.5, 0.6) is 0 Å². The minimum Gasteiger partial charge on any atom is -0.477 e. The van der Waals surface area contributed by atoms with Gasteiger partial charge in [-0.15, -0.1) is 0 Å². The van der Waals surface area contributed by atoms with Crippen LogP contribution in [0.2, 0.25) is 5.02 Å². The molecule has 0 saturated carbocycles. The van der Waals surface area contributed by atoms with Crippen molar-refractivity contribution in [2.24, 2.45) is 0 Å². The van der Waals surface area contributed by atoms with Gasteiger partial charge in [0, 0.05) is 15.1 Å². The zero-order valence-corrected chi connectivity index (χ0v) is 14.2. The van der Waals surface area contributed by atoms with E-state index in [9.17, 15) is 9.90 Å². The second-order valence-electron chi connectivity index (χ2n) is 4.95. The summed E-state index contributed by atoms with van der Waals surface area (Å²) in [6, 6.07) is 18.3. The van der Waals surface area contributed by atoms with E-state index in [1.807, 2.05) is 42.5 Å². The SMILES string of the molecule is O=C(O)c1cc(-c2ccc(Br)cc2)cc(-c2ccc(Cl)cc2)n1. The summed E-state index contributed by atoms with van der Waals surface area (Å²) in [5.41, 5.74) is 3.15. The highest BCUT2D eigenvalue weighted by Gasteiger charge is 2.11. The van der Waals surface area contributed by atoms with E-state index < -0.39 is 5.97 Å². The Morgan fingerprint density at radius 3 is 2.13 bits per heavy atom. The summed E-state index contributed by atoms with van der Waals surface area (Å²) in [6.07, 6.45) is 0. The van der Waals surface area contributed by atoms with Crippen molar-refractivity contribution in [1.82, 2.24) is 4.98 Å². The number of hydrogen-bond donors (Lipinski definition) is 1. The summed E-state index contributed by atoms with van der Waals surface area (Å²) in [4.78, 5) is 15.6. The Kier molecular flexibility index (Phi) is 4.46. The van der Waals surface area contributed by atoms with Crippen LogP contribution >= 0.6 is 27.5 Å². The van der Waals surface area contributed by atoms with E-state index in [2.05, 4.69) is 20.9 Å². The lowest BCUT2D eigenvalue weighted by molar-refractivity contribution is 0.0690. The van der Waals surface area contributed by atoms with E-state index in [4.69, 9.17) is 11.6 Å². The molecule has 114 valence electrons. The molecule has 5 heteroatoms. The number of rotatable bonds is 3. The Balaban J connectivity index is 2.15. The largest absolute Gasteiger partial charge is 0.477 e. The number of carbonyl (C=O) groups is 1.